The van der Waals surface area contributed by atoms with Gasteiger partial charge in [-0.2, -0.15) is 0 Å². The quantitative estimate of drug-likeness (QED) is 0.330. The highest BCUT2D eigenvalue weighted by molar-refractivity contribution is 7.99. The van der Waals surface area contributed by atoms with E-state index in [-0.39, 0.29) is 0 Å². The van der Waals surface area contributed by atoms with Crippen molar-refractivity contribution in [2.45, 2.75) is 82.3 Å². The van der Waals surface area contributed by atoms with Gasteiger partial charge in [-0.05, 0) is 17.2 Å². The monoisotopic (exact) mass is 403 g/mol. The molecule has 0 saturated heterocycles. The molecule has 0 aliphatic heterocycles. The number of hydrogen-bond acceptors (Lipinski definition) is 6. The fraction of sp³-hybridized carbons (Fsp3) is 0.619. The SMILES string of the molecule is CCCCCCCCCCCCSc1nnn(C(C(=O)[O-])c2ccccc2)n1. The molecule has 0 spiro atoms. The minimum absolute atomic E-state index is 0.512. The van der Waals surface area contributed by atoms with E-state index in [0.717, 1.165) is 17.0 Å². The second-order valence-corrected chi connectivity index (χ2v) is 8.12. The van der Waals surface area contributed by atoms with Crippen LogP contribution in [0, 0.1) is 0 Å². The van der Waals surface area contributed by atoms with Gasteiger partial charge in [-0.15, -0.1) is 15.0 Å². The Hall–Kier alpha value is -1.89. The molecule has 2 rings (SSSR count). The predicted molar refractivity (Wildman–Crippen MR) is 110 cm³/mol. The first-order valence-corrected chi connectivity index (χ1v) is 11.4. The first kappa shape index (κ1) is 22.4. The number of thioether (sulfide) groups is 1. The molecule has 1 unspecified atom stereocenters. The third-order valence-corrected chi connectivity index (χ3v) is 5.62. The number of benzene rings is 1. The molecule has 0 aliphatic rings. The molecule has 0 fully saturated rings. The molecule has 154 valence electrons. The molecular weight excluding hydrogens is 372 g/mol. The Labute approximate surface area is 172 Å². The van der Waals surface area contributed by atoms with Crippen LogP contribution in [0.2, 0.25) is 0 Å². The number of tetrazole rings is 1. The highest BCUT2D eigenvalue weighted by atomic mass is 32.2. The average Bonchev–Trinajstić information content (AvgIpc) is 3.15. The van der Waals surface area contributed by atoms with E-state index in [0.29, 0.717) is 10.7 Å². The number of carboxylic acid groups (broad SMARTS) is 1. The maximum Gasteiger partial charge on any atom is 0.231 e. The molecule has 0 N–H and O–H groups in total. The fourth-order valence-corrected chi connectivity index (χ4v) is 3.90. The number of aliphatic carboxylic acids is 1. The van der Waals surface area contributed by atoms with Crippen LogP contribution in [0.15, 0.2) is 35.5 Å². The van der Waals surface area contributed by atoms with Crippen LogP contribution >= 0.6 is 11.8 Å². The van der Waals surface area contributed by atoms with E-state index in [9.17, 15) is 9.90 Å². The summed E-state index contributed by atoms with van der Waals surface area (Å²) in [6.45, 7) is 2.25. The second kappa shape index (κ2) is 13.3. The van der Waals surface area contributed by atoms with Crippen molar-refractivity contribution in [2.24, 2.45) is 0 Å². The molecule has 0 radical (unpaired) electrons. The highest BCUT2D eigenvalue weighted by Crippen LogP contribution is 2.19. The number of nitrogens with zero attached hydrogens (tertiary/aromatic N) is 4. The predicted octanol–water partition coefficient (Wildman–Crippen LogP) is 4.03. The van der Waals surface area contributed by atoms with Gasteiger partial charge in [0, 0.05) is 5.75 Å². The zero-order valence-corrected chi connectivity index (χ0v) is 17.6. The zero-order valence-electron chi connectivity index (χ0n) is 16.8. The van der Waals surface area contributed by atoms with Gasteiger partial charge in [0.15, 0.2) is 0 Å². The summed E-state index contributed by atoms with van der Waals surface area (Å²) in [5.74, 6) is -0.321. The molecule has 1 aromatic heterocycles. The van der Waals surface area contributed by atoms with Gasteiger partial charge in [0.25, 0.3) is 0 Å². The summed E-state index contributed by atoms with van der Waals surface area (Å²) in [6, 6.07) is 7.78. The van der Waals surface area contributed by atoms with Gasteiger partial charge in [-0.3, -0.25) is 0 Å². The van der Waals surface area contributed by atoms with E-state index < -0.39 is 12.0 Å². The molecule has 7 heteroatoms. The van der Waals surface area contributed by atoms with Crippen molar-refractivity contribution >= 4 is 17.7 Å². The minimum atomic E-state index is -1.24. The molecule has 0 saturated carbocycles. The second-order valence-electron chi connectivity index (χ2n) is 7.06. The number of aromatic nitrogens is 4. The summed E-state index contributed by atoms with van der Waals surface area (Å²) >= 11 is 1.52. The Morgan fingerprint density at radius 3 is 2.21 bits per heavy atom. The summed E-state index contributed by atoms with van der Waals surface area (Å²) < 4.78 is 0. The lowest BCUT2D eigenvalue weighted by atomic mass is 10.1. The summed E-state index contributed by atoms with van der Waals surface area (Å²) in [5.41, 5.74) is 0.575. The Morgan fingerprint density at radius 2 is 1.61 bits per heavy atom. The summed E-state index contributed by atoms with van der Waals surface area (Å²) in [5, 5.41) is 24.2. The van der Waals surface area contributed by atoms with E-state index in [1.165, 1.54) is 69.5 Å². The van der Waals surface area contributed by atoms with Gasteiger partial charge in [-0.25, -0.2) is 0 Å². The van der Waals surface area contributed by atoms with E-state index in [2.05, 4.69) is 22.3 Å². The van der Waals surface area contributed by atoms with Gasteiger partial charge in [0.1, 0.15) is 6.04 Å². The number of carbonyl (C=O) groups excluding carboxylic acids is 1. The van der Waals surface area contributed by atoms with Crippen molar-refractivity contribution in [3.63, 3.8) is 0 Å². The molecular formula is C21H31N4O2S-. The van der Waals surface area contributed by atoms with Crippen molar-refractivity contribution in [2.75, 3.05) is 5.75 Å². The van der Waals surface area contributed by atoms with Crippen LogP contribution in [0.25, 0.3) is 0 Å². The van der Waals surface area contributed by atoms with Crippen molar-refractivity contribution in [3.8, 4) is 0 Å². The van der Waals surface area contributed by atoms with Gasteiger partial charge in [-0.1, -0.05) is 107 Å². The Balaban J connectivity index is 1.64. The molecule has 1 heterocycles. The number of rotatable bonds is 15. The van der Waals surface area contributed by atoms with Crippen molar-refractivity contribution in [1.29, 1.82) is 0 Å². The molecule has 0 bridgehead atoms. The Morgan fingerprint density at radius 1 is 1.00 bits per heavy atom. The Kier molecular flexibility index (Phi) is 10.7. The lowest BCUT2D eigenvalue weighted by Crippen LogP contribution is -2.35. The third kappa shape index (κ3) is 8.00. The number of carbonyl (C=O) groups is 1. The van der Waals surface area contributed by atoms with E-state index >= 15 is 0 Å². The average molecular weight is 404 g/mol. The van der Waals surface area contributed by atoms with Crippen molar-refractivity contribution in [1.82, 2.24) is 20.2 Å². The van der Waals surface area contributed by atoms with Gasteiger partial charge in [0.05, 0.1) is 5.97 Å². The Bertz CT molecular complexity index is 678. The number of hydrogen-bond donors (Lipinski definition) is 0. The highest BCUT2D eigenvalue weighted by Gasteiger charge is 2.18. The first-order chi connectivity index (χ1) is 13.7. The first-order valence-electron chi connectivity index (χ1n) is 10.4. The van der Waals surface area contributed by atoms with Crippen LogP contribution in [-0.4, -0.2) is 31.9 Å². The van der Waals surface area contributed by atoms with Crippen LogP contribution in [-0.2, 0) is 4.79 Å². The maximum absolute atomic E-state index is 11.5. The third-order valence-electron chi connectivity index (χ3n) is 4.71. The van der Waals surface area contributed by atoms with Crippen LogP contribution in [0.4, 0.5) is 0 Å². The van der Waals surface area contributed by atoms with E-state index in [4.69, 9.17) is 0 Å². The molecule has 6 nitrogen and oxygen atoms in total. The molecule has 0 aliphatic carbocycles. The van der Waals surface area contributed by atoms with Crippen LogP contribution in [0.1, 0.15) is 82.7 Å². The fourth-order valence-electron chi connectivity index (χ4n) is 3.13. The molecule has 1 aromatic carbocycles. The smallest absolute Gasteiger partial charge is 0.231 e. The topological polar surface area (TPSA) is 83.7 Å². The summed E-state index contributed by atoms with van der Waals surface area (Å²) in [6.07, 6.45) is 13.0. The maximum atomic E-state index is 11.5. The zero-order chi connectivity index (χ0) is 20.0. The molecule has 1 atom stereocenters. The largest absolute Gasteiger partial charge is 0.547 e. The molecule has 0 amide bonds. The van der Waals surface area contributed by atoms with Crippen LogP contribution < -0.4 is 5.11 Å². The summed E-state index contributed by atoms with van der Waals surface area (Å²) in [4.78, 5) is 12.7. The number of unbranched alkanes of at least 4 members (excludes halogenated alkanes) is 9. The number of carboxylic acids is 1. The summed E-state index contributed by atoms with van der Waals surface area (Å²) in [7, 11) is 0. The van der Waals surface area contributed by atoms with Crippen molar-refractivity contribution in [3.05, 3.63) is 35.9 Å². The van der Waals surface area contributed by atoms with Gasteiger partial charge < -0.3 is 9.90 Å². The van der Waals surface area contributed by atoms with E-state index in [1.54, 1.807) is 24.3 Å². The lowest BCUT2D eigenvalue weighted by Gasteiger charge is -2.16. The van der Waals surface area contributed by atoms with Crippen LogP contribution in [0.5, 0.6) is 0 Å². The van der Waals surface area contributed by atoms with Gasteiger partial charge >= 0.3 is 0 Å². The van der Waals surface area contributed by atoms with Gasteiger partial charge in [0.2, 0.25) is 5.16 Å². The van der Waals surface area contributed by atoms with Crippen LogP contribution in [0.3, 0.4) is 0 Å². The standard InChI is InChI=1S/C21H32N4O2S/c1-2-3-4-5-6-7-8-9-10-14-17-28-21-22-24-25(23-21)19(20(26)27)18-15-12-11-13-16-18/h11-13,15-16,19H,2-10,14,17H2,1H3,(H,26,27)/p-1. The normalized spacial score (nSPS) is 12.2. The minimum Gasteiger partial charge on any atom is -0.547 e. The van der Waals surface area contributed by atoms with E-state index in [1.807, 2.05) is 6.07 Å². The lowest BCUT2D eigenvalue weighted by molar-refractivity contribution is -0.309. The van der Waals surface area contributed by atoms with Crippen molar-refractivity contribution < 1.29 is 9.90 Å². The molecule has 2 aromatic rings. The molecule has 28 heavy (non-hydrogen) atoms.